The summed E-state index contributed by atoms with van der Waals surface area (Å²) in [4.78, 5) is 28.6. The van der Waals surface area contributed by atoms with E-state index in [0.717, 1.165) is 12.1 Å². The van der Waals surface area contributed by atoms with Crippen LogP contribution in [0.15, 0.2) is 41.0 Å². The smallest absolute Gasteiger partial charge is 0.416 e. The van der Waals surface area contributed by atoms with Crippen LogP contribution >= 0.6 is 0 Å². The molecule has 166 valence electrons. The Morgan fingerprint density at radius 2 is 1.97 bits per heavy atom. The number of morpholine rings is 1. The highest BCUT2D eigenvalue weighted by atomic mass is 19.4. The molecule has 0 radical (unpaired) electrons. The monoisotopic (exact) mass is 437 g/mol. The molecule has 0 aliphatic carbocycles. The lowest BCUT2D eigenvalue weighted by Gasteiger charge is -2.31. The van der Waals surface area contributed by atoms with Crippen LogP contribution < -0.4 is 10.2 Å². The Morgan fingerprint density at radius 1 is 1.19 bits per heavy atom. The van der Waals surface area contributed by atoms with Crippen LogP contribution in [0.3, 0.4) is 0 Å². The van der Waals surface area contributed by atoms with Gasteiger partial charge in [0, 0.05) is 26.1 Å². The second-order valence-electron chi connectivity index (χ2n) is 7.57. The van der Waals surface area contributed by atoms with Crippen molar-refractivity contribution in [1.29, 1.82) is 0 Å². The Balaban J connectivity index is 1.51. The highest BCUT2D eigenvalue weighted by Crippen LogP contribution is 2.36. The molecule has 0 saturated carbocycles. The molecule has 2 fully saturated rings. The third-order valence-corrected chi connectivity index (χ3v) is 5.45. The first-order valence-electron chi connectivity index (χ1n) is 9.96. The lowest BCUT2D eigenvalue weighted by Crippen LogP contribution is -2.37. The minimum atomic E-state index is -4.54. The van der Waals surface area contributed by atoms with E-state index < -0.39 is 23.6 Å². The number of amides is 2. The van der Waals surface area contributed by atoms with Crippen molar-refractivity contribution in [1.82, 2.24) is 4.90 Å². The van der Waals surface area contributed by atoms with Crippen molar-refractivity contribution in [3.8, 4) is 0 Å². The van der Waals surface area contributed by atoms with Crippen LogP contribution in [0, 0.1) is 5.92 Å². The third kappa shape index (κ3) is 4.84. The second-order valence-corrected chi connectivity index (χ2v) is 7.57. The van der Waals surface area contributed by atoms with Gasteiger partial charge in [-0.05, 0) is 30.3 Å². The highest BCUT2D eigenvalue weighted by Gasteiger charge is 2.36. The average Bonchev–Trinajstić information content (AvgIpc) is 3.38. The van der Waals surface area contributed by atoms with E-state index in [9.17, 15) is 22.8 Å². The number of nitrogens with zero attached hydrogens (tertiary/aromatic N) is 2. The van der Waals surface area contributed by atoms with E-state index in [1.54, 1.807) is 12.1 Å². The molecule has 2 saturated heterocycles. The molecule has 1 aromatic carbocycles. The molecule has 7 nitrogen and oxygen atoms in total. The fourth-order valence-corrected chi connectivity index (χ4v) is 3.82. The number of carbonyl (C=O) groups is 2. The summed E-state index contributed by atoms with van der Waals surface area (Å²) in [6.45, 7) is 2.34. The number of likely N-dealkylation sites (tertiary alicyclic amines) is 1. The van der Waals surface area contributed by atoms with E-state index in [4.69, 9.17) is 9.15 Å². The van der Waals surface area contributed by atoms with Gasteiger partial charge in [0.2, 0.25) is 11.8 Å². The Morgan fingerprint density at radius 3 is 2.65 bits per heavy atom. The number of hydrogen-bond donors (Lipinski definition) is 1. The van der Waals surface area contributed by atoms with Gasteiger partial charge in [-0.1, -0.05) is 0 Å². The maximum Gasteiger partial charge on any atom is 0.416 e. The van der Waals surface area contributed by atoms with E-state index in [0.29, 0.717) is 37.8 Å². The van der Waals surface area contributed by atoms with Gasteiger partial charge >= 0.3 is 6.18 Å². The summed E-state index contributed by atoms with van der Waals surface area (Å²) >= 11 is 0. The minimum Gasteiger partial charge on any atom is -0.467 e. The molecular formula is C21H22F3N3O4. The largest absolute Gasteiger partial charge is 0.467 e. The third-order valence-electron chi connectivity index (χ3n) is 5.45. The molecule has 10 heteroatoms. The first-order chi connectivity index (χ1) is 14.8. The van der Waals surface area contributed by atoms with Crippen LogP contribution in [-0.2, 0) is 27.0 Å². The van der Waals surface area contributed by atoms with E-state index in [1.807, 2.05) is 4.90 Å². The van der Waals surface area contributed by atoms with Gasteiger partial charge in [-0.3, -0.25) is 9.59 Å². The molecule has 0 spiro atoms. The number of rotatable bonds is 5. The number of nitrogens with one attached hydrogen (secondary N) is 1. The van der Waals surface area contributed by atoms with Crippen molar-refractivity contribution in [2.45, 2.75) is 19.1 Å². The van der Waals surface area contributed by atoms with Crippen molar-refractivity contribution in [3.63, 3.8) is 0 Å². The van der Waals surface area contributed by atoms with E-state index in [2.05, 4.69) is 5.32 Å². The predicted molar refractivity (Wildman–Crippen MR) is 105 cm³/mol. The summed E-state index contributed by atoms with van der Waals surface area (Å²) in [5.41, 5.74) is -0.262. The maximum atomic E-state index is 13.3. The van der Waals surface area contributed by atoms with Crippen molar-refractivity contribution < 1.29 is 31.9 Å². The standard InChI is InChI=1S/C21H22F3N3O4/c22-21(23,24)15-3-4-18(26-5-8-30-9-6-26)17(11-15)25-20(29)14-10-19(28)27(12-14)13-16-2-1-7-31-16/h1-4,7,11,14H,5-6,8-10,12-13H2,(H,25,29). The number of carbonyl (C=O) groups excluding carboxylic acids is 2. The number of anilines is 2. The summed E-state index contributed by atoms with van der Waals surface area (Å²) < 4.78 is 50.3. The summed E-state index contributed by atoms with van der Waals surface area (Å²) in [6.07, 6.45) is -3.04. The van der Waals surface area contributed by atoms with E-state index in [1.165, 1.54) is 17.2 Å². The molecule has 31 heavy (non-hydrogen) atoms. The predicted octanol–water partition coefficient (Wildman–Crippen LogP) is 3.12. The van der Waals surface area contributed by atoms with E-state index >= 15 is 0 Å². The molecule has 0 bridgehead atoms. The van der Waals surface area contributed by atoms with Crippen molar-refractivity contribution >= 4 is 23.2 Å². The van der Waals surface area contributed by atoms with Gasteiger partial charge in [-0.2, -0.15) is 13.2 Å². The molecule has 2 aliphatic rings. The number of halogens is 3. The Bertz CT molecular complexity index is 940. The molecule has 3 heterocycles. The lowest BCUT2D eigenvalue weighted by molar-refractivity contribution is -0.137. The van der Waals surface area contributed by atoms with Crippen molar-refractivity contribution in [2.24, 2.45) is 5.92 Å². The Hall–Kier alpha value is -3.01. The summed E-state index contributed by atoms with van der Waals surface area (Å²) in [5, 5.41) is 2.64. The van der Waals surface area contributed by atoms with Gasteiger partial charge in [-0.25, -0.2) is 0 Å². The maximum absolute atomic E-state index is 13.3. The van der Waals surface area contributed by atoms with Crippen LogP contribution in [0.25, 0.3) is 0 Å². The Labute approximate surface area is 176 Å². The van der Waals surface area contributed by atoms with Crippen LogP contribution in [0.1, 0.15) is 17.7 Å². The molecule has 2 aromatic rings. The zero-order valence-electron chi connectivity index (χ0n) is 16.7. The first-order valence-corrected chi connectivity index (χ1v) is 9.96. The SMILES string of the molecule is O=C(Nc1cc(C(F)(F)F)ccc1N1CCOCC1)C1CC(=O)N(Cc2ccco2)C1. The quantitative estimate of drug-likeness (QED) is 0.778. The van der Waals surface area contributed by atoms with Crippen molar-refractivity contribution in [2.75, 3.05) is 43.1 Å². The number of furan rings is 1. The average molecular weight is 437 g/mol. The van der Waals surface area contributed by atoms with Crippen molar-refractivity contribution in [3.05, 3.63) is 47.9 Å². The van der Waals surface area contributed by atoms with Crippen LogP contribution in [-0.4, -0.2) is 49.6 Å². The number of hydrogen-bond acceptors (Lipinski definition) is 5. The molecule has 2 amide bonds. The first kappa shape index (κ1) is 21.2. The normalized spacial score (nSPS) is 19.7. The zero-order chi connectivity index (χ0) is 22.0. The summed E-state index contributed by atoms with van der Waals surface area (Å²) in [5.74, 6) is -0.741. The van der Waals surface area contributed by atoms with Gasteiger partial charge in [0.1, 0.15) is 5.76 Å². The summed E-state index contributed by atoms with van der Waals surface area (Å²) in [7, 11) is 0. The second kappa shape index (κ2) is 8.62. The topological polar surface area (TPSA) is 75.0 Å². The molecular weight excluding hydrogens is 415 g/mol. The summed E-state index contributed by atoms with van der Waals surface area (Å²) in [6, 6.07) is 6.76. The van der Waals surface area contributed by atoms with Gasteiger partial charge in [0.25, 0.3) is 0 Å². The molecule has 1 aromatic heterocycles. The fraction of sp³-hybridized carbons (Fsp3) is 0.429. The van der Waals surface area contributed by atoms with Gasteiger partial charge in [0.15, 0.2) is 0 Å². The zero-order valence-corrected chi connectivity index (χ0v) is 16.7. The number of ether oxygens (including phenoxy) is 1. The molecule has 1 unspecified atom stereocenters. The van der Waals surface area contributed by atoms with Crippen LogP contribution in [0.2, 0.25) is 0 Å². The van der Waals surface area contributed by atoms with Crippen LogP contribution in [0.4, 0.5) is 24.5 Å². The molecule has 1 N–H and O–H groups in total. The lowest BCUT2D eigenvalue weighted by atomic mass is 10.1. The molecule has 4 rings (SSSR count). The van der Waals surface area contributed by atoms with Gasteiger partial charge < -0.3 is 24.3 Å². The fourth-order valence-electron chi connectivity index (χ4n) is 3.82. The van der Waals surface area contributed by atoms with Crippen LogP contribution in [0.5, 0.6) is 0 Å². The molecule has 1 atom stereocenters. The van der Waals surface area contributed by atoms with Gasteiger partial charge in [-0.15, -0.1) is 0 Å². The van der Waals surface area contributed by atoms with E-state index in [-0.39, 0.29) is 31.1 Å². The Kier molecular flexibility index (Phi) is 5.90. The minimum absolute atomic E-state index is 0.00160. The number of alkyl halides is 3. The number of benzene rings is 1. The van der Waals surface area contributed by atoms with Gasteiger partial charge in [0.05, 0.1) is 48.9 Å². The molecule has 2 aliphatic heterocycles. The highest BCUT2D eigenvalue weighted by molar-refractivity contribution is 5.99.